The minimum absolute atomic E-state index is 0.146. The Hall–Kier alpha value is -7.83. The van der Waals surface area contributed by atoms with Crippen LogP contribution in [-0.2, 0) is 0 Å². The molecule has 0 radical (unpaired) electrons. The van der Waals surface area contributed by atoms with Crippen LogP contribution in [0.2, 0.25) is 0 Å². The monoisotopic (exact) mass is 743 g/mol. The van der Waals surface area contributed by atoms with E-state index in [2.05, 4.69) is 0 Å². The molecule has 0 unspecified atom stereocenters. The van der Waals surface area contributed by atoms with E-state index in [1.54, 1.807) is 12.1 Å². The second kappa shape index (κ2) is 12.3. The number of para-hydroxylation sites is 3. The molecule has 12 aromatic rings. The Morgan fingerprint density at radius 2 is 1.11 bits per heavy atom. The van der Waals surface area contributed by atoms with Gasteiger partial charge in [0.1, 0.15) is 16.7 Å². The summed E-state index contributed by atoms with van der Waals surface area (Å²) in [6, 6.07) is 24.3. The number of aromatic nitrogens is 4. The Bertz CT molecular complexity index is 4210. The van der Waals surface area contributed by atoms with Crippen molar-refractivity contribution in [1.29, 1.82) is 0 Å². The lowest BCUT2D eigenvalue weighted by Gasteiger charge is -2.08. The van der Waals surface area contributed by atoms with Crippen LogP contribution in [-0.4, -0.2) is 19.5 Å². The molecule has 4 aromatic heterocycles. The highest BCUT2D eigenvalue weighted by Gasteiger charge is 2.20. The molecule has 0 fully saturated rings. The summed E-state index contributed by atoms with van der Waals surface area (Å²) in [6.07, 6.45) is 0. The van der Waals surface area contributed by atoms with Gasteiger partial charge in [-0.15, -0.1) is 0 Å². The smallest absolute Gasteiger partial charge is 0.164 e. The summed E-state index contributed by atoms with van der Waals surface area (Å²) in [5, 5.41) is 1.00. The number of benzene rings is 8. The Morgan fingerprint density at radius 1 is 0.439 bits per heavy atom. The van der Waals surface area contributed by atoms with Crippen LogP contribution in [0, 0.1) is 0 Å². The molecule has 0 saturated heterocycles. The lowest BCUT2D eigenvalue weighted by Crippen LogP contribution is -2.00. The zero-order valence-corrected chi connectivity index (χ0v) is 29.4. The summed E-state index contributed by atoms with van der Waals surface area (Å²) < 4.78 is 131. The molecule has 0 aliphatic rings. The highest BCUT2D eigenvalue weighted by molar-refractivity contribution is 6.14. The Kier molecular flexibility index (Phi) is 4.62. The standard InChI is InChI=1S/C51H30N4O2/c1-3-13-31(14-4-1)35-19-12-24-44-47(35)40-28-26-34(30-46(40)56-44)51-53-49(32-15-5-2-6-16-32)52-50(54-51)33-25-27-38-39-20-11-23-43(48(39)57-45(38)29-33)55-41-21-9-7-17-36(41)37-18-8-10-22-42(37)55/h1-30H/i7D,8D,9D,10D,11D,17D,18D,20D,21D,22D,25D,27D,29D. The van der Waals surface area contributed by atoms with Crippen LogP contribution in [0.5, 0.6) is 0 Å². The molecule has 4 heterocycles. The molecule has 0 amide bonds. The van der Waals surface area contributed by atoms with Crippen LogP contribution in [0.15, 0.2) is 191 Å². The third-order valence-corrected chi connectivity index (χ3v) is 10.1. The molecular weight excluding hydrogens is 701 g/mol. The SMILES string of the molecule is [2H]c1cc(-n2c3c([2H])c([2H])c([2H])c([2H])c3c3c([2H])c([2H])c([2H])c([2H])c32)c2oc3c([2H])c(-c4nc(-c5ccccc5)nc(-c5ccc6c(c5)oc5cccc(-c7ccccc7)c56)n4)c([2H])c([2H])c3c2c1[2H]. The molecule has 6 nitrogen and oxygen atoms in total. The lowest BCUT2D eigenvalue weighted by atomic mass is 9.99. The first kappa shape index (κ1) is 21.3. The van der Waals surface area contributed by atoms with Crippen LogP contribution in [0.3, 0.4) is 0 Å². The summed E-state index contributed by atoms with van der Waals surface area (Å²) in [5.41, 5.74) is 2.94. The fourth-order valence-corrected chi connectivity index (χ4v) is 7.55. The summed E-state index contributed by atoms with van der Waals surface area (Å²) in [7, 11) is 0. The molecular formula is C51H30N4O2. The number of hydrogen-bond acceptors (Lipinski definition) is 5. The largest absolute Gasteiger partial charge is 0.456 e. The summed E-state index contributed by atoms with van der Waals surface area (Å²) in [4.78, 5) is 14.4. The molecule has 0 atom stereocenters. The molecule has 57 heavy (non-hydrogen) atoms. The van der Waals surface area contributed by atoms with Crippen LogP contribution in [0.1, 0.15) is 17.8 Å². The highest BCUT2D eigenvalue weighted by atomic mass is 16.3. The normalized spacial score (nSPS) is 15.1. The van der Waals surface area contributed by atoms with Gasteiger partial charge in [0.05, 0.1) is 34.5 Å². The summed E-state index contributed by atoms with van der Waals surface area (Å²) in [5.74, 6) is 0.217. The maximum atomic E-state index is 9.69. The maximum absolute atomic E-state index is 9.69. The minimum atomic E-state index is -0.660. The van der Waals surface area contributed by atoms with E-state index in [0.29, 0.717) is 22.3 Å². The zero-order chi connectivity index (χ0) is 48.8. The highest BCUT2D eigenvalue weighted by Crippen LogP contribution is 2.40. The maximum Gasteiger partial charge on any atom is 0.164 e. The number of furan rings is 2. The Morgan fingerprint density at radius 3 is 1.86 bits per heavy atom. The average Bonchev–Trinajstić information content (AvgIpc) is 4.08. The first-order valence-electron chi connectivity index (χ1n) is 24.5. The minimum Gasteiger partial charge on any atom is -0.456 e. The third-order valence-electron chi connectivity index (χ3n) is 10.1. The van der Waals surface area contributed by atoms with Crippen molar-refractivity contribution in [3.63, 3.8) is 0 Å². The van der Waals surface area contributed by atoms with Crippen molar-refractivity contribution in [2.24, 2.45) is 0 Å². The number of hydrogen-bond donors (Lipinski definition) is 0. The third kappa shape index (κ3) is 4.94. The van der Waals surface area contributed by atoms with E-state index in [9.17, 15) is 4.11 Å². The van der Waals surface area contributed by atoms with Crippen molar-refractivity contribution < 1.29 is 26.7 Å². The van der Waals surface area contributed by atoms with Crippen molar-refractivity contribution in [1.82, 2.24) is 19.5 Å². The van der Waals surface area contributed by atoms with E-state index >= 15 is 0 Å². The van der Waals surface area contributed by atoms with Gasteiger partial charge in [0.25, 0.3) is 0 Å². The van der Waals surface area contributed by atoms with Gasteiger partial charge in [0, 0.05) is 49.0 Å². The van der Waals surface area contributed by atoms with Gasteiger partial charge < -0.3 is 13.4 Å². The molecule has 0 N–H and O–H groups in total. The van der Waals surface area contributed by atoms with Gasteiger partial charge in [0.2, 0.25) is 0 Å². The van der Waals surface area contributed by atoms with Crippen LogP contribution in [0.4, 0.5) is 0 Å². The lowest BCUT2D eigenvalue weighted by molar-refractivity contribution is 0.666. The quantitative estimate of drug-likeness (QED) is 0.176. The number of rotatable bonds is 5. The van der Waals surface area contributed by atoms with E-state index in [-0.39, 0.29) is 72.5 Å². The fourth-order valence-electron chi connectivity index (χ4n) is 7.55. The molecule has 0 saturated carbocycles. The molecule has 0 aliphatic heterocycles. The van der Waals surface area contributed by atoms with Gasteiger partial charge in [-0.05, 0) is 59.6 Å². The molecule has 0 spiro atoms. The molecule has 0 aliphatic carbocycles. The van der Waals surface area contributed by atoms with Gasteiger partial charge in [-0.3, -0.25) is 0 Å². The van der Waals surface area contributed by atoms with Crippen LogP contribution >= 0.6 is 0 Å². The molecule has 8 aromatic carbocycles. The Balaban J connectivity index is 1.12. The van der Waals surface area contributed by atoms with Gasteiger partial charge >= 0.3 is 0 Å². The van der Waals surface area contributed by atoms with Gasteiger partial charge in [-0.25, -0.2) is 15.0 Å². The molecule has 12 rings (SSSR count). The van der Waals surface area contributed by atoms with E-state index in [1.165, 1.54) is 0 Å². The van der Waals surface area contributed by atoms with Gasteiger partial charge in [-0.1, -0.05) is 133 Å². The summed E-state index contributed by atoms with van der Waals surface area (Å²) in [6.45, 7) is 0. The van der Waals surface area contributed by atoms with Crippen molar-refractivity contribution in [2.75, 3.05) is 0 Å². The van der Waals surface area contributed by atoms with Crippen LogP contribution in [0.25, 0.3) is 117 Å². The average molecular weight is 744 g/mol. The van der Waals surface area contributed by atoms with Gasteiger partial charge in [0.15, 0.2) is 23.1 Å². The van der Waals surface area contributed by atoms with Crippen molar-refractivity contribution >= 4 is 65.7 Å². The summed E-state index contributed by atoms with van der Waals surface area (Å²) >= 11 is 0. The van der Waals surface area contributed by atoms with Crippen molar-refractivity contribution in [3.8, 4) is 51.0 Å². The Labute approximate surface area is 344 Å². The zero-order valence-electron chi connectivity index (χ0n) is 42.4. The molecule has 6 heteroatoms. The van der Waals surface area contributed by atoms with E-state index in [4.69, 9.17) is 37.5 Å². The van der Waals surface area contributed by atoms with E-state index in [1.807, 2.05) is 84.9 Å². The second-order valence-corrected chi connectivity index (χ2v) is 13.4. The topological polar surface area (TPSA) is 69.9 Å². The van der Waals surface area contributed by atoms with Gasteiger partial charge in [-0.2, -0.15) is 0 Å². The first-order valence-corrected chi connectivity index (χ1v) is 18.0. The first-order chi connectivity index (χ1) is 33.7. The van der Waals surface area contributed by atoms with E-state index in [0.717, 1.165) is 32.5 Å². The van der Waals surface area contributed by atoms with Crippen molar-refractivity contribution in [2.45, 2.75) is 0 Å². The predicted molar refractivity (Wildman–Crippen MR) is 230 cm³/mol. The fraction of sp³-hybridized carbons (Fsp3) is 0. The van der Waals surface area contributed by atoms with E-state index < -0.39 is 78.6 Å². The molecule has 0 bridgehead atoms. The molecule has 266 valence electrons. The number of fused-ring (bicyclic) bond motifs is 9. The van der Waals surface area contributed by atoms with Crippen molar-refractivity contribution in [3.05, 3.63) is 182 Å². The second-order valence-electron chi connectivity index (χ2n) is 13.4. The van der Waals surface area contributed by atoms with Crippen LogP contribution < -0.4 is 0 Å². The number of nitrogens with zero attached hydrogens (tertiary/aromatic N) is 4. The predicted octanol–water partition coefficient (Wildman–Crippen LogP) is 13.4.